The number of hydrogen-bond donors (Lipinski definition) is 3. The summed E-state index contributed by atoms with van der Waals surface area (Å²) in [6.07, 6.45) is 1.46. The fraction of sp³-hybridized carbons (Fsp3) is 0.300. The molecule has 3 heterocycles. The number of aromatic amines is 1. The number of benzene rings is 1. The molecule has 28 heavy (non-hydrogen) atoms. The third-order valence-corrected chi connectivity index (χ3v) is 5.06. The van der Waals surface area contributed by atoms with E-state index in [9.17, 15) is 14.4 Å². The van der Waals surface area contributed by atoms with E-state index in [1.165, 1.54) is 4.52 Å². The van der Waals surface area contributed by atoms with Crippen LogP contribution >= 0.6 is 0 Å². The molecule has 0 radical (unpaired) electrons. The maximum absolute atomic E-state index is 12.6. The first kappa shape index (κ1) is 18.0. The first-order chi connectivity index (χ1) is 13.3. The van der Waals surface area contributed by atoms with E-state index >= 15 is 0 Å². The van der Waals surface area contributed by atoms with Gasteiger partial charge in [0.1, 0.15) is 6.04 Å². The van der Waals surface area contributed by atoms with E-state index in [0.29, 0.717) is 28.5 Å². The highest BCUT2D eigenvalue weighted by Gasteiger charge is 2.32. The van der Waals surface area contributed by atoms with Crippen LogP contribution in [0.25, 0.3) is 5.65 Å². The molecule has 0 unspecified atom stereocenters. The van der Waals surface area contributed by atoms with E-state index in [1.807, 2.05) is 18.2 Å². The van der Waals surface area contributed by atoms with Crippen LogP contribution in [0.15, 0.2) is 35.3 Å². The lowest BCUT2D eigenvalue weighted by molar-refractivity contribution is -0.125. The van der Waals surface area contributed by atoms with Crippen molar-refractivity contribution in [3.8, 4) is 0 Å². The van der Waals surface area contributed by atoms with Crippen molar-refractivity contribution in [3.05, 3.63) is 63.2 Å². The van der Waals surface area contributed by atoms with Crippen molar-refractivity contribution in [1.82, 2.24) is 19.9 Å². The first-order valence-corrected chi connectivity index (χ1v) is 9.15. The van der Waals surface area contributed by atoms with Crippen molar-refractivity contribution in [2.75, 3.05) is 5.32 Å². The molecule has 0 saturated carbocycles. The maximum Gasteiger partial charge on any atom is 0.276 e. The number of fused-ring (bicyclic) bond motifs is 2. The number of carbonyl (C=O) groups is 2. The van der Waals surface area contributed by atoms with Crippen LogP contribution in [0.1, 0.15) is 48.2 Å². The van der Waals surface area contributed by atoms with Crippen LogP contribution in [0.2, 0.25) is 0 Å². The van der Waals surface area contributed by atoms with Gasteiger partial charge in [0.25, 0.3) is 11.5 Å². The lowest BCUT2D eigenvalue weighted by atomic mass is 9.98. The number of amides is 2. The second kappa shape index (κ2) is 6.63. The van der Waals surface area contributed by atoms with Gasteiger partial charge in [-0.1, -0.05) is 26.0 Å². The summed E-state index contributed by atoms with van der Waals surface area (Å²) in [5, 5.41) is 8.33. The number of aromatic nitrogens is 3. The Morgan fingerprint density at radius 1 is 1.29 bits per heavy atom. The summed E-state index contributed by atoms with van der Waals surface area (Å²) in [7, 11) is 0. The highest BCUT2D eigenvalue weighted by Crippen LogP contribution is 2.33. The molecule has 3 aromatic rings. The van der Waals surface area contributed by atoms with Crippen LogP contribution < -0.4 is 16.2 Å². The van der Waals surface area contributed by atoms with Crippen LogP contribution in [-0.4, -0.2) is 26.4 Å². The Hall–Kier alpha value is -3.42. The van der Waals surface area contributed by atoms with E-state index in [0.717, 1.165) is 11.1 Å². The van der Waals surface area contributed by atoms with E-state index in [4.69, 9.17) is 0 Å². The molecule has 144 valence electrons. The Balaban J connectivity index is 1.59. The molecule has 4 rings (SSSR count). The molecule has 3 N–H and O–H groups in total. The predicted molar refractivity (Wildman–Crippen MR) is 104 cm³/mol. The van der Waals surface area contributed by atoms with Gasteiger partial charge < -0.3 is 10.6 Å². The van der Waals surface area contributed by atoms with E-state index in [1.54, 1.807) is 19.2 Å². The molecule has 1 aliphatic heterocycles. The molecule has 8 nitrogen and oxygen atoms in total. The van der Waals surface area contributed by atoms with Crippen LogP contribution in [0.4, 0.5) is 5.69 Å². The molecule has 0 bridgehead atoms. The van der Waals surface area contributed by atoms with Crippen molar-refractivity contribution >= 4 is 23.1 Å². The molecule has 2 aromatic heterocycles. The van der Waals surface area contributed by atoms with Crippen molar-refractivity contribution in [2.45, 2.75) is 39.2 Å². The lowest BCUT2D eigenvalue weighted by Crippen LogP contribution is -2.35. The fourth-order valence-corrected chi connectivity index (χ4v) is 3.46. The lowest BCUT2D eigenvalue weighted by Gasteiger charge is -2.14. The zero-order valence-electron chi connectivity index (χ0n) is 15.9. The average molecular weight is 379 g/mol. The molecule has 0 saturated heterocycles. The summed E-state index contributed by atoms with van der Waals surface area (Å²) in [5.41, 5.74) is 3.51. The van der Waals surface area contributed by atoms with Crippen LogP contribution in [0.5, 0.6) is 0 Å². The molecule has 0 fully saturated rings. The van der Waals surface area contributed by atoms with Gasteiger partial charge in [-0.3, -0.25) is 19.5 Å². The summed E-state index contributed by atoms with van der Waals surface area (Å²) in [4.78, 5) is 41.9. The minimum atomic E-state index is -0.772. The van der Waals surface area contributed by atoms with Gasteiger partial charge in [-0.25, -0.2) is 9.50 Å². The second-order valence-corrected chi connectivity index (χ2v) is 7.30. The molecule has 1 aliphatic rings. The minimum absolute atomic E-state index is 0.150. The van der Waals surface area contributed by atoms with Crippen molar-refractivity contribution < 1.29 is 9.59 Å². The molecule has 0 aliphatic carbocycles. The third-order valence-electron chi connectivity index (χ3n) is 5.06. The zero-order valence-corrected chi connectivity index (χ0v) is 15.9. The molecule has 0 spiro atoms. The summed E-state index contributed by atoms with van der Waals surface area (Å²) >= 11 is 0. The Bertz CT molecular complexity index is 1160. The van der Waals surface area contributed by atoms with Gasteiger partial charge >= 0.3 is 0 Å². The Morgan fingerprint density at radius 3 is 2.82 bits per heavy atom. The molecule has 1 aromatic carbocycles. The fourth-order valence-electron chi connectivity index (χ4n) is 3.46. The number of nitrogens with one attached hydrogen (secondary N) is 3. The Kier molecular flexibility index (Phi) is 4.26. The van der Waals surface area contributed by atoms with Crippen LogP contribution in [-0.2, 0) is 16.0 Å². The average Bonchev–Trinajstić information content (AvgIpc) is 3.23. The number of carbonyl (C=O) groups excluding carboxylic acids is 2. The van der Waals surface area contributed by atoms with E-state index in [-0.39, 0.29) is 17.9 Å². The minimum Gasteiger partial charge on any atom is -0.340 e. The first-order valence-electron chi connectivity index (χ1n) is 9.15. The normalized spacial score (nSPS) is 15.7. The van der Waals surface area contributed by atoms with Gasteiger partial charge in [-0.05, 0) is 24.5 Å². The number of nitrogens with zero attached hydrogens (tertiary/aromatic N) is 2. The van der Waals surface area contributed by atoms with E-state index < -0.39 is 11.9 Å². The summed E-state index contributed by atoms with van der Waals surface area (Å²) in [6.45, 7) is 5.84. The van der Waals surface area contributed by atoms with Crippen molar-refractivity contribution in [1.29, 1.82) is 0 Å². The molecule has 1 atom stereocenters. The second-order valence-electron chi connectivity index (χ2n) is 7.30. The standard InChI is InChI=1S/C20H21N5O3/c1-10(2)12-4-5-15-14(8-12)18(19(27)23-15)24-17(26)9-13-11(3)22-16-6-7-21-25(16)20(13)28/h4-8,10,18,21H,9H2,1-3H3,(H,23,27)(H,24,26)/t18-/m1/s1. The van der Waals surface area contributed by atoms with Gasteiger partial charge in [-0.15, -0.1) is 0 Å². The molecular formula is C20H21N5O3. The molecular weight excluding hydrogens is 358 g/mol. The zero-order chi connectivity index (χ0) is 20.0. The monoisotopic (exact) mass is 379 g/mol. The predicted octanol–water partition coefficient (Wildman–Crippen LogP) is 1.81. The summed E-state index contributed by atoms with van der Waals surface area (Å²) < 4.78 is 1.29. The summed E-state index contributed by atoms with van der Waals surface area (Å²) in [5.74, 6) is -0.384. The van der Waals surface area contributed by atoms with Crippen molar-refractivity contribution in [2.24, 2.45) is 0 Å². The smallest absolute Gasteiger partial charge is 0.276 e. The Morgan fingerprint density at radius 2 is 2.07 bits per heavy atom. The quantitative estimate of drug-likeness (QED) is 0.642. The number of anilines is 1. The number of H-pyrrole nitrogens is 1. The highest BCUT2D eigenvalue weighted by atomic mass is 16.2. The van der Waals surface area contributed by atoms with Crippen molar-refractivity contribution in [3.63, 3.8) is 0 Å². The third kappa shape index (κ3) is 2.96. The van der Waals surface area contributed by atoms with Crippen LogP contribution in [0, 0.1) is 6.92 Å². The van der Waals surface area contributed by atoms with Gasteiger partial charge in [0.15, 0.2) is 5.65 Å². The SMILES string of the molecule is Cc1nc2cc[nH]n2c(=O)c1CC(=O)N[C@H]1C(=O)Nc2ccc(C(C)C)cc21. The Labute approximate surface area is 161 Å². The van der Waals surface area contributed by atoms with E-state index in [2.05, 4.69) is 34.6 Å². The molecule has 2 amide bonds. The number of aryl methyl sites for hydroxylation is 1. The largest absolute Gasteiger partial charge is 0.340 e. The number of rotatable bonds is 4. The topological polar surface area (TPSA) is 108 Å². The maximum atomic E-state index is 12.6. The summed E-state index contributed by atoms with van der Waals surface area (Å²) in [6, 6.07) is 6.68. The van der Waals surface area contributed by atoms with Gasteiger partial charge in [0, 0.05) is 34.8 Å². The highest BCUT2D eigenvalue weighted by molar-refractivity contribution is 6.04. The molecule has 8 heteroatoms. The number of hydrogen-bond acceptors (Lipinski definition) is 4. The van der Waals surface area contributed by atoms with Gasteiger partial charge in [0.2, 0.25) is 5.91 Å². The van der Waals surface area contributed by atoms with Gasteiger partial charge in [-0.2, -0.15) is 0 Å². The van der Waals surface area contributed by atoms with Gasteiger partial charge in [0.05, 0.1) is 6.42 Å². The van der Waals surface area contributed by atoms with Crippen LogP contribution in [0.3, 0.4) is 0 Å².